The van der Waals surface area contributed by atoms with Crippen LogP contribution in [-0.2, 0) is 28.3 Å². The summed E-state index contributed by atoms with van der Waals surface area (Å²) in [7, 11) is 3.44. The first-order valence-corrected chi connectivity index (χ1v) is 12.5. The molecule has 0 unspecified atom stereocenters. The molecule has 0 aliphatic carbocycles. The molecule has 0 fully saturated rings. The molecule has 1 heterocycles. The third-order valence-electron chi connectivity index (χ3n) is 5.74. The Morgan fingerprint density at radius 3 is 2.48 bits per heavy atom. The summed E-state index contributed by atoms with van der Waals surface area (Å²) >= 11 is 0. The van der Waals surface area contributed by atoms with Crippen molar-refractivity contribution in [1.82, 2.24) is 19.2 Å². The van der Waals surface area contributed by atoms with Gasteiger partial charge in [-0.1, -0.05) is 18.2 Å². The Morgan fingerprint density at radius 2 is 1.79 bits per heavy atom. The number of aromatic nitrogens is 2. The van der Waals surface area contributed by atoms with Gasteiger partial charge in [-0.05, 0) is 43.2 Å². The first kappa shape index (κ1) is 24.7. The van der Waals surface area contributed by atoms with Gasteiger partial charge in [0.25, 0.3) is 0 Å². The average Bonchev–Trinajstić information content (AvgIpc) is 3.12. The summed E-state index contributed by atoms with van der Waals surface area (Å²) in [6, 6.07) is 15.2. The SMILES string of the molecule is CN(CCCCNC(=O)CCc1nc2cc(S(=O)(=O)N(C)C)ccc2n1C)c1ccccc1. The summed E-state index contributed by atoms with van der Waals surface area (Å²) in [5.41, 5.74) is 2.64. The van der Waals surface area contributed by atoms with Crippen LogP contribution in [0.3, 0.4) is 0 Å². The number of para-hydroxylation sites is 1. The summed E-state index contributed by atoms with van der Waals surface area (Å²) in [5, 5.41) is 2.98. The third-order valence-corrected chi connectivity index (χ3v) is 7.55. The van der Waals surface area contributed by atoms with Gasteiger partial charge in [-0.15, -0.1) is 0 Å². The van der Waals surface area contributed by atoms with Crippen molar-refractivity contribution in [3.8, 4) is 0 Å². The van der Waals surface area contributed by atoms with Gasteiger partial charge in [0, 0.05) is 59.8 Å². The van der Waals surface area contributed by atoms with E-state index >= 15 is 0 Å². The van der Waals surface area contributed by atoms with Crippen LogP contribution < -0.4 is 10.2 Å². The normalized spacial score (nSPS) is 11.8. The predicted octanol–water partition coefficient (Wildman–Crippen LogP) is 2.79. The van der Waals surface area contributed by atoms with Crippen molar-refractivity contribution in [2.75, 3.05) is 39.1 Å². The summed E-state index contributed by atoms with van der Waals surface area (Å²) in [6.07, 6.45) is 2.74. The van der Waals surface area contributed by atoms with E-state index in [1.54, 1.807) is 18.2 Å². The van der Waals surface area contributed by atoms with Crippen molar-refractivity contribution in [2.45, 2.75) is 30.6 Å². The van der Waals surface area contributed by atoms with E-state index in [2.05, 4.69) is 34.4 Å². The van der Waals surface area contributed by atoms with E-state index in [-0.39, 0.29) is 10.8 Å². The monoisotopic (exact) mass is 471 g/mol. The van der Waals surface area contributed by atoms with Gasteiger partial charge in [0.1, 0.15) is 5.82 Å². The van der Waals surface area contributed by atoms with Crippen molar-refractivity contribution in [3.63, 3.8) is 0 Å². The van der Waals surface area contributed by atoms with Crippen molar-refractivity contribution in [1.29, 1.82) is 0 Å². The van der Waals surface area contributed by atoms with Crippen molar-refractivity contribution in [2.24, 2.45) is 7.05 Å². The number of carbonyl (C=O) groups excluding carboxylic acids is 1. The fraction of sp³-hybridized carbons (Fsp3) is 0.417. The second-order valence-electron chi connectivity index (χ2n) is 8.34. The van der Waals surface area contributed by atoms with Crippen LogP contribution in [0, 0.1) is 0 Å². The molecule has 178 valence electrons. The van der Waals surface area contributed by atoms with Gasteiger partial charge in [0.15, 0.2) is 0 Å². The molecule has 0 bridgehead atoms. The van der Waals surface area contributed by atoms with Crippen LogP contribution in [0.4, 0.5) is 5.69 Å². The lowest BCUT2D eigenvalue weighted by molar-refractivity contribution is -0.121. The number of carbonyl (C=O) groups is 1. The maximum Gasteiger partial charge on any atom is 0.242 e. The molecule has 1 N–H and O–H groups in total. The Bertz CT molecular complexity index is 1190. The summed E-state index contributed by atoms with van der Waals surface area (Å²) in [4.78, 5) is 19.3. The second-order valence-corrected chi connectivity index (χ2v) is 10.5. The second kappa shape index (κ2) is 10.8. The quantitative estimate of drug-likeness (QED) is 0.435. The molecule has 1 aromatic heterocycles. The van der Waals surface area contributed by atoms with E-state index in [4.69, 9.17) is 0 Å². The lowest BCUT2D eigenvalue weighted by Crippen LogP contribution is -2.26. The first-order chi connectivity index (χ1) is 15.7. The van der Waals surface area contributed by atoms with E-state index in [0.29, 0.717) is 24.9 Å². The maximum absolute atomic E-state index is 12.4. The number of nitrogens with one attached hydrogen (secondary N) is 1. The minimum Gasteiger partial charge on any atom is -0.375 e. The highest BCUT2D eigenvalue weighted by molar-refractivity contribution is 7.89. The van der Waals surface area contributed by atoms with Crippen molar-refractivity contribution in [3.05, 3.63) is 54.4 Å². The molecule has 0 aliphatic heterocycles. The van der Waals surface area contributed by atoms with Crippen LogP contribution in [0.25, 0.3) is 11.0 Å². The number of unbranched alkanes of at least 4 members (excludes halogenated alkanes) is 1. The Morgan fingerprint density at radius 1 is 1.06 bits per heavy atom. The van der Waals surface area contributed by atoms with Crippen LogP contribution >= 0.6 is 0 Å². The molecule has 8 nitrogen and oxygen atoms in total. The lowest BCUT2D eigenvalue weighted by atomic mass is 10.2. The Kier molecular flexibility index (Phi) is 8.10. The number of aryl methyl sites for hydroxylation is 2. The number of amides is 1. The van der Waals surface area contributed by atoms with Crippen LogP contribution in [0.15, 0.2) is 53.4 Å². The van der Waals surface area contributed by atoms with E-state index < -0.39 is 10.0 Å². The number of hydrogen-bond donors (Lipinski definition) is 1. The zero-order chi connectivity index (χ0) is 24.0. The molecule has 3 rings (SSSR count). The molecule has 0 saturated carbocycles. The summed E-state index contributed by atoms with van der Waals surface area (Å²) < 4.78 is 27.8. The molecule has 0 aliphatic rings. The van der Waals surface area contributed by atoms with Crippen molar-refractivity contribution < 1.29 is 13.2 Å². The molecule has 0 spiro atoms. The topological polar surface area (TPSA) is 87.5 Å². The zero-order valence-electron chi connectivity index (χ0n) is 19.8. The minimum atomic E-state index is -3.52. The lowest BCUT2D eigenvalue weighted by Gasteiger charge is -2.19. The molecule has 2 aromatic carbocycles. The van der Waals surface area contributed by atoms with Gasteiger partial charge < -0.3 is 14.8 Å². The van der Waals surface area contributed by atoms with Gasteiger partial charge in [0.2, 0.25) is 15.9 Å². The molecule has 9 heteroatoms. The van der Waals surface area contributed by atoms with Crippen molar-refractivity contribution >= 4 is 32.7 Å². The smallest absolute Gasteiger partial charge is 0.242 e. The number of fused-ring (bicyclic) bond motifs is 1. The fourth-order valence-electron chi connectivity index (χ4n) is 3.65. The largest absolute Gasteiger partial charge is 0.375 e. The number of benzene rings is 2. The van der Waals surface area contributed by atoms with E-state index in [9.17, 15) is 13.2 Å². The molecular formula is C24H33N5O3S. The van der Waals surface area contributed by atoms with Gasteiger partial charge in [-0.2, -0.15) is 0 Å². The summed E-state index contributed by atoms with van der Waals surface area (Å²) in [6.45, 7) is 1.58. The van der Waals surface area contributed by atoms with E-state index in [1.165, 1.54) is 24.1 Å². The number of sulfonamides is 1. The molecule has 0 radical (unpaired) electrons. The molecule has 3 aromatic rings. The predicted molar refractivity (Wildman–Crippen MR) is 132 cm³/mol. The Balaban J connectivity index is 1.47. The highest BCUT2D eigenvalue weighted by Gasteiger charge is 2.19. The van der Waals surface area contributed by atoms with Gasteiger partial charge in [0.05, 0.1) is 15.9 Å². The molecule has 0 saturated heterocycles. The van der Waals surface area contributed by atoms with Crippen LogP contribution in [0.5, 0.6) is 0 Å². The maximum atomic E-state index is 12.4. The first-order valence-electron chi connectivity index (χ1n) is 11.1. The van der Waals surface area contributed by atoms with Gasteiger partial charge >= 0.3 is 0 Å². The number of rotatable bonds is 11. The van der Waals surface area contributed by atoms with E-state index in [0.717, 1.165) is 30.7 Å². The third kappa shape index (κ3) is 6.11. The number of imidazole rings is 1. The fourth-order valence-corrected chi connectivity index (χ4v) is 4.57. The molecular weight excluding hydrogens is 438 g/mol. The molecule has 0 atom stereocenters. The van der Waals surface area contributed by atoms with Crippen LogP contribution in [0.2, 0.25) is 0 Å². The molecule has 1 amide bonds. The van der Waals surface area contributed by atoms with E-state index in [1.807, 2.05) is 29.8 Å². The average molecular weight is 472 g/mol. The van der Waals surface area contributed by atoms with Crippen LogP contribution in [-0.4, -0.2) is 62.4 Å². The zero-order valence-corrected chi connectivity index (χ0v) is 20.6. The highest BCUT2D eigenvalue weighted by Crippen LogP contribution is 2.22. The standard InChI is InChI=1S/C24H33N5O3S/c1-27(2)33(31,32)20-12-13-22-21(18-20)26-23(29(22)4)14-15-24(30)25-16-8-9-17-28(3)19-10-6-5-7-11-19/h5-7,10-13,18H,8-9,14-17H2,1-4H3,(H,25,30). The van der Waals surface area contributed by atoms with Crippen LogP contribution in [0.1, 0.15) is 25.1 Å². The Hall–Kier alpha value is -2.91. The van der Waals surface area contributed by atoms with Gasteiger partial charge in [-0.3, -0.25) is 4.79 Å². The number of nitrogens with zero attached hydrogens (tertiary/aromatic N) is 4. The summed E-state index contributed by atoms with van der Waals surface area (Å²) in [5.74, 6) is 0.749. The number of hydrogen-bond acceptors (Lipinski definition) is 5. The number of anilines is 1. The Labute approximate surface area is 196 Å². The molecule has 33 heavy (non-hydrogen) atoms. The highest BCUT2D eigenvalue weighted by atomic mass is 32.2. The minimum absolute atomic E-state index is 0.00524. The van der Waals surface area contributed by atoms with Gasteiger partial charge in [-0.25, -0.2) is 17.7 Å².